The van der Waals surface area contributed by atoms with Gasteiger partial charge in [0.15, 0.2) is 5.60 Å². The third kappa shape index (κ3) is 1.39. The van der Waals surface area contributed by atoms with Gasteiger partial charge in [-0.2, -0.15) is 0 Å². The molecule has 0 radical (unpaired) electrons. The van der Waals surface area contributed by atoms with E-state index >= 15 is 0 Å². The molecular formula is C16H14O2. The molecule has 0 N–H and O–H groups in total. The first-order chi connectivity index (χ1) is 8.63. The van der Waals surface area contributed by atoms with Crippen molar-refractivity contribution in [3.05, 3.63) is 70.8 Å². The van der Waals surface area contributed by atoms with Crippen molar-refractivity contribution in [2.45, 2.75) is 19.4 Å². The van der Waals surface area contributed by atoms with Crippen molar-refractivity contribution in [2.24, 2.45) is 0 Å². The van der Waals surface area contributed by atoms with E-state index in [1.807, 2.05) is 62.4 Å². The summed E-state index contributed by atoms with van der Waals surface area (Å²) in [5.74, 6) is -0.227. The Morgan fingerprint density at radius 1 is 1.00 bits per heavy atom. The molecule has 2 aromatic rings. The first-order valence-corrected chi connectivity index (χ1v) is 6.02. The quantitative estimate of drug-likeness (QED) is 0.711. The van der Waals surface area contributed by atoms with Crippen LogP contribution in [0.25, 0.3) is 0 Å². The van der Waals surface area contributed by atoms with E-state index in [4.69, 9.17) is 4.74 Å². The van der Waals surface area contributed by atoms with E-state index in [1.54, 1.807) is 0 Å². The standard InChI is InChI=1S/C16H14O2/c1-11-7-6-10-13-14(11)15(17)18-16(13,2)12-8-4-3-5-9-12/h3-10H,1-2H3/t16-/m1/s1. The van der Waals surface area contributed by atoms with E-state index in [2.05, 4.69) is 0 Å². The van der Waals surface area contributed by atoms with Gasteiger partial charge in [0.05, 0.1) is 5.56 Å². The third-order valence-corrected chi connectivity index (χ3v) is 3.61. The molecule has 1 aliphatic heterocycles. The van der Waals surface area contributed by atoms with Gasteiger partial charge >= 0.3 is 5.97 Å². The highest BCUT2D eigenvalue weighted by Gasteiger charge is 2.43. The number of esters is 1. The lowest BCUT2D eigenvalue weighted by atomic mass is 9.86. The third-order valence-electron chi connectivity index (χ3n) is 3.61. The first-order valence-electron chi connectivity index (χ1n) is 6.02. The van der Waals surface area contributed by atoms with Gasteiger partial charge < -0.3 is 4.74 Å². The lowest BCUT2D eigenvalue weighted by molar-refractivity contribution is 0.0180. The van der Waals surface area contributed by atoms with Gasteiger partial charge in [0, 0.05) is 5.56 Å². The van der Waals surface area contributed by atoms with Gasteiger partial charge in [0.1, 0.15) is 0 Å². The molecule has 2 heteroatoms. The number of rotatable bonds is 1. The average molecular weight is 238 g/mol. The van der Waals surface area contributed by atoms with Crippen LogP contribution >= 0.6 is 0 Å². The highest BCUT2D eigenvalue weighted by molar-refractivity contribution is 5.96. The fourth-order valence-corrected chi connectivity index (χ4v) is 2.60. The van der Waals surface area contributed by atoms with Crippen LogP contribution < -0.4 is 0 Å². The predicted octanol–water partition coefficient (Wildman–Crippen LogP) is 3.43. The SMILES string of the molecule is Cc1cccc2c1C(=O)O[C@]2(C)c1ccccc1. The molecule has 2 nitrogen and oxygen atoms in total. The van der Waals surface area contributed by atoms with Gasteiger partial charge in [-0.15, -0.1) is 0 Å². The molecule has 2 aromatic carbocycles. The van der Waals surface area contributed by atoms with E-state index in [9.17, 15) is 4.79 Å². The van der Waals surface area contributed by atoms with Crippen LogP contribution in [-0.2, 0) is 10.3 Å². The van der Waals surface area contributed by atoms with Crippen LogP contribution in [0.3, 0.4) is 0 Å². The molecule has 0 aromatic heterocycles. The summed E-state index contributed by atoms with van der Waals surface area (Å²) in [6.07, 6.45) is 0. The molecule has 1 aliphatic rings. The van der Waals surface area contributed by atoms with Gasteiger partial charge in [0.25, 0.3) is 0 Å². The second-order valence-corrected chi connectivity index (χ2v) is 4.79. The highest BCUT2D eigenvalue weighted by Crippen LogP contribution is 2.42. The zero-order valence-corrected chi connectivity index (χ0v) is 10.4. The number of aryl methyl sites for hydroxylation is 1. The number of benzene rings is 2. The number of ether oxygens (including phenoxy) is 1. The van der Waals surface area contributed by atoms with Crippen LogP contribution in [0, 0.1) is 6.92 Å². The molecule has 0 spiro atoms. The Morgan fingerprint density at radius 3 is 2.44 bits per heavy atom. The van der Waals surface area contributed by atoms with Crippen LogP contribution in [0.2, 0.25) is 0 Å². The molecule has 0 aliphatic carbocycles. The molecule has 90 valence electrons. The Labute approximate surface area is 106 Å². The van der Waals surface area contributed by atoms with Gasteiger partial charge in [-0.25, -0.2) is 4.79 Å². The predicted molar refractivity (Wildman–Crippen MR) is 69.5 cm³/mol. The Balaban J connectivity index is 2.25. The summed E-state index contributed by atoms with van der Waals surface area (Å²) in [5, 5.41) is 0. The van der Waals surface area contributed by atoms with E-state index in [0.717, 1.165) is 16.7 Å². The number of hydrogen-bond donors (Lipinski definition) is 0. The van der Waals surface area contributed by atoms with Gasteiger partial charge in [0.2, 0.25) is 0 Å². The molecule has 3 rings (SSSR count). The lowest BCUT2D eigenvalue weighted by Crippen LogP contribution is -2.23. The number of carbonyl (C=O) groups is 1. The van der Waals surface area contributed by atoms with Crippen molar-refractivity contribution >= 4 is 5.97 Å². The van der Waals surface area contributed by atoms with Crippen LogP contribution in [0.4, 0.5) is 0 Å². The molecule has 0 unspecified atom stereocenters. The van der Waals surface area contributed by atoms with E-state index in [-0.39, 0.29) is 5.97 Å². The lowest BCUT2D eigenvalue weighted by Gasteiger charge is -2.24. The fraction of sp³-hybridized carbons (Fsp3) is 0.188. The summed E-state index contributed by atoms with van der Waals surface area (Å²) in [6, 6.07) is 15.7. The van der Waals surface area contributed by atoms with Crippen molar-refractivity contribution < 1.29 is 9.53 Å². The fourth-order valence-electron chi connectivity index (χ4n) is 2.60. The maximum atomic E-state index is 12.1. The number of carbonyl (C=O) groups excluding carboxylic acids is 1. The van der Waals surface area contributed by atoms with Crippen LogP contribution in [0.1, 0.15) is 34.0 Å². The van der Waals surface area contributed by atoms with E-state index in [0.29, 0.717) is 5.56 Å². The first kappa shape index (κ1) is 11.0. The minimum absolute atomic E-state index is 0.227. The normalized spacial score (nSPS) is 21.6. The Morgan fingerprint density at radius 2 is 1.72 bits per heavy atom. The Kier molecular flexibility index (Phi) is 2.27. The van der Waals surface area contributed by atoms with Crippen molar-refractivity contribution in [3.8, 4) is 0 Å². The van der Waals surface area contributed by atoms with E-state index < -0.39 is 5.60 Å². The van der Waals surface area contributed by atoms with E-state index in [1.165, 1.54) is 0 Å². The smallest absolute Gasteiger partial charge is 0.340 e. The summed E-state index contributed by atoms with van der Waals surface area (Å²) >= 11 is 0. The summed E-state index contributed by atoms with van der Waals surface area (Å²) in [4.78, 5) is 12.1. The minimum atomic E-state index is -0.667. The maximum absolute atomic E-state index is 12.1. The molecule has 0 fully saturated rings. The van der Waals surface area contributed by atoms with Crippen molar-refractivity contribution in [1.82, 2.24) is 0 Å². The number of cyclic esters (lactones) is 1. The zero-order valence-electron chi connectivity index (χ0n) is 10.4. The number of hydrogen-bond acceptors (Lipinski definition) is 2. The summed E-state index contributed by atoms with van der Waals surface area (Å²) < 4.78 is 5.65. The van der Waals surface area contributed by atoms with Crippen molar-refractivity contribution in [2.75, 3.05) is 0 Å². The molecule has 0 saturated carbocycles. The maximum Gasteiger partial charge on any atom is 0.340 e. The number of fused-ring (bicyclic) bond motifs is 1. The average Bonchev–Trinajstić information content (AvgIpc) is 2.65. The minimum Gasteiger partial charge on any atom is -0.446 e. The molecule has 0 saturated heterocycles. The van der Waals surface area contributed by atoms with Gasteiger partial charge in [-0.05, 0) is 25.0 Å². The zero-order chi connectivity index (χ0) is 12.8. The topological polar surface area (TPSA) is 26.3 Å². The van der Waals surface area contributed by atoms with Crippen LogP contribution in [0.5, 0.6) is 0 Å². The summed E-state index contributed by atoms with van der Waals surface area (Å²) in [7, 11) is 0. The van der Waals surface area contributed by atoms with Gasteiger partial charge in [-0.3, -0.25) is 0 Å². The Hall–Kier alpha value is -2.09. The van der Waals surface area contributed by atoms with Crippen LogP contribution in [-0.4, -0.2) is 5.97 Å². The monoisotopic (exact) mass is 238 g/mol. The Bertz CT molecular complexity index is 616. The van der Waals surface area contributed by atoms with Gasteiger partial charge in [-0.1, -0.05) is 48.5 Å². The molecule has 18 heavy (non-hydrogen) atoms. The van der Waals surface area contributed by atoms with Crippen molar-refractivity contribution in [3.63, 3.8) is 0 Å². The second kappa shape index (κ2) is 3.70. The van der Waals surface area contributed by atoms with Crippen LogP contribution in [0.15, 0.2) is 48.5 Å². The molecule has 0 amide bonds. The molecule has 0 bridgehead atoms. The largest absolute Gasteiger partial charge is 0.446 e. The summed E-state index contributed by atoms with van der Waals surface area (Å²) in [6.45, 7) is 3.89. The highest BCUT2D eigenvalue weighted by atomic mass is 16.6. The summed E-state index contributed by atoms with van der Waals surface area (Å²) in [5.41, 5.74) is 2.97. The molecule has 1 atom stereocenters. The molecule has 1 heterocycles. The van der Waals surface area contributed by atoms with Crippen molar-refractivity contribution in [1.29, 1.82) is 0 Å². The molecular weight excluding hydrogens is 224 g/mol. The second-order valence-electron chi connectivity index (χ2n) is 4.79.